The van der Waals surface area contributed by atoms with Crippen LogP contribution < -0.4 is 23.7 Å². The number of hydrogen-bond acceptors (Lipinski definition) is 7. The first-order valence-electron chi connectivity index (χ1n) is 8.91. The molecule has 0 amide bonds. The second-order valence-electron chi connectivity index (χ2n) is 6.67. The van der Waals surface area contributed by atoms with Crippen molar-refractivity contribution >= 4 is 5.97 Å². The zero-order valence-electron chi connectivity index (χ0n) is 16.2. The standard InChI is InChI=1S/C21H22O7/c1-23-17-7-12(8-18(24-2)20(17)25-3)19-13-9-16-15(27-10-28-16)6-11(13)5-14(19)21(22)26-4/h6-9,14,19H,5,10H2,1-4H3/t14-,19+/m0/s1. The predicted molar refractivity (Wildman–Crippen MR) is 99.7 cm³/mol. The lowest BCUT2D eigenvalue weighted by atomic mass is 9.85. The highest BCUT2D eigenvalue weighted by atomic mass is 16.7. The number of ether oxygens (including phenoxy) is 6. The van der Waals surface area contributed by atoms with Crippen molar-refractivity contribution in [3.63, 3.8) is 0 Å². The minimum Gasteiger partial charge on any atom is -0.493 e. The number of esters is 1. The maximum absolute atomic E-state index is 12.6. The zero-order chi connectivity index (χ0) is 19.8. The summed E-state index contributed by atoms with van der Waals surface area (Å²) in [5.74, 6) is 2.10. The Hall–Kier alpha value is -3.09. The molecule has 0 spiro atoms. The van der Waals surface area contributed by atoms with Gasteiger partial charge in [-0.3, -0.25) is 4.79 Å². The molecule has 2 aromatic carbocycles. The molecule has 0 unspecified atom stereocenters. The van der Waals surface area contributed by atoms with Crippen LogP contribution in [0.25, 0.3) is 0 Å². The molecule has 0 saturated heterocycles. The number of fused-ring (bicyclic) bond motifs is 2. The summed E-state index contributed by atoms with van der Waals surface area (Å²) in [7, 11) is 6.10. The molecule has 0 aromatic heterocycles. The van der Waals surface area contributed by atoms with Crippen molar-refractivity contribution in [1.82, 2.24) is 0 Å². The molecule has 4 rings (SSSR count). The van der Waals surface area contributed by atoms with Gasteiger partial charge in [-0.15, -0.1) is 0 Å². The van der Waals surface area contributed by atoms with Crippen molar-refractivity contribution in [2.45, 2.75) is 12.3 Å². The lowest BCUT2D eigenvalue weighted by Gasteiger charge is -2.22. The normalized spacial score (nSPS) is 19.1. The minimum absolute atomic E-state index is 0.202. The average Bonchev–Trinajstić information content (AvgIpc) is 3.33. The van der Waals surface area contributed by atoms with E-state index in [-0.39, 0.29) is 24.6 Å². The maximum Gasteiger partial charge on any atom is 0.309 e. The Balaban J connectivity index is 1.88. The number of methoxy groups -OCH3 is 4. The summed E-state index contributed by atoms with van der Waals surface area (Å²) in [6.45, 7) is 0.202. The van der Waals surface area contributed by atoms with Crippen LogP contribution >= 0.6 is 0 Å². The highest BCUT2D eigenvalue weighted by molar-refractivity contribution is 5.77. The van der Waals surface area contributed by atoms with Gasteiger partial charge in [-0.05, 0) is 47.4 Å². The molecule has 1 heterocycles. The third kappa shape index (κ3) is 2.78. The summed E-state index contributed by atoms with van der Waals surface area (Å²) in [5.41, 5.74) is 2.93. The van der Waals surface area contributed by atoms with Gasteiger partial charge >= 0.3 is 5.97 Å². The van der Waals surface area contributed by atoms with Crippen molar-refractivity contribution in [3.05, 3.63) is 41.0 Å². The van der Waals surface area contributed by atoms with Crippen molar-refractivity contribution < 1.29 is 33.2 Å². The summed E-state index contributed by atoms with van der Waals surface area (Å²) < 4.78 is 32.5. The van der Waals surface area contributed by atoms with Gasteiger partial charge in [0, 0.05) is 5.92 Å². The molecule has 2 aromatic rings. The zero-order valence-corrected chi connectivity index (χ0v) is 16.2. The maximum atomic E-state index is 12.6. The minimum atomic E-state index is -0.370. The van der Waals surface area contributed by atoms with E-state index in [0.717, 1.165) is 16.7 Å². The van der Waals surface area contributed by atoms with E-state index in [4.69, 9.17) is 28.4 Å². The SMILES string of the molecule is COC(=O)[C@H]1Cc2cc3c(cc2[C@H]1c1cc(OC)c(OC)c(OC)c1)OCO3. The second kappa shape index (κ2) is 7.14. The Morgan fingerprint density at radius 2 is 1.57 bits per heavy atom. The molecule has 0 N–H and O–H groups in total. The molecule has 28 heavy (non-hydrogen) atoms. The smallest absolute Gasteiger partial charge is 0.309 e. The fourth-order valence-corrected chi connectivity index (χ4v) is 4.10. The molecule has 1 aliphatic heterocycles. The van der Waals surface area contributed by atoms with Crippen molar-refractivity contribution in [3.8, 4) is 28.7 Å². The molecule has 7 heteroatoms. The summed E-state index contributed by atoms with van der Waals surface area (Å²) in [4.78, 5) is 12.6. The van der Waals surface area contributed by atoms with E-state index in [9.17, 15) is 4.79 Å². The van der Waals surface area contributed by atoms with Crippen molar-refractivity contribution in [2.24, 2.45) is 5.92 Å². The summed E-state index contributed by atoms with van der Waals surface area (Å²) in [6.07, 6.45) is 0.556. The molecule has 1 aliphatic carbocycles. The van der Waals surface area contributed by atoms with E-state index in [2.05, 4.69) is 0 Å². The molecule has 0 saturated carbocycles. The Morgan fingerprint density at radius 1 is 0.929 bits per heavy atom. The van der Waals surface area contributed by atoms with E-state index in [0.29, 0.717) is 35.2 Å². The Kier molecular flexibility index (Phi) is 4.66. The van der Waals surface area contributed by atoms with Crippen LogP contribution in [-0.2, 0) is 16.0 Å². The monoisotopic (exact) mass is 386 g/mol. The van der Waals surface area contributed by atoms with Gasteiger partial charge in [0.2, 0.25) is 12.5 Å². The largest absolute Gasteiger partial charge is 0.493 e. The first-order chi connectivity index (χ1) is 13.6. The lowest BCUT2D eigenvalue weighted by molar-refractivity contribution is -0.145. The van der Waals surface area contributed by atoms with E-state index in [1.807, 2.05) is 24.3 Å². The fourth-order valence-electron chi connectivity index (χ4n) is 4.10. The summed E-state index contributed by atoms with van der Waals surface area (Å²) in [5, 5.41) is 0. The first kappa shape index (κ1) is 18.3. The number of hydrogen-bond donors (Lipinski definition) is 0. The molecule has 0 fully saturated rings. The van der Waals surface area contributed by atoms with Gasteiger partial charge in [-0.1, -0.05) is 0 Å². The van der Waals surface area contributed by atoms with E-state index < -0.39 is 0 Å². The van der Waals surface area contributed by atoms with E-state index >= 15 is 0 Å². The van der Waals surface area contributed by atoms with Crippen LogP contribution in [0.15, 0.2) is 24.3 Å². The predicted octanol–water partition coefficient (Wildman–Crippen LogP) is 2.92. The topological polar surface area (TPSA) is 72.5 Å². The molecule has 0 bridgehead atoms. The molecule has 7 nitrogen and oxygen atoms in total. The van der Waals surface area contributed by atoms with Crippen molar-refractivity contribution in [1.29, 1.82) is 0 Å². The number of benzene rings is 2. The quantitative estimate of drug-likeness (QED) is 0.732. The number of carbonyl (C=O) groups is 1. The van der Waals surface area contributed by atoms with Gasteiger partial charge in [-0.25, -0.2) is 0 Å². The van der Waals surface area contributed by atoms with E-state index in [1.54, 1.807) is 21.3 Å². The van der Waals surface area contributed by atoms with Crippen LogP contribution in [0.1, 0.15) is 22.6 Å². The fraction of sp³-hybridized carbons (Fsp3) is 0.381. The summed E-state index contributed by atoms with van der Waals surface area (Å²) >= 11 is 0. The molecule has 148 valence electrons. The van der Waals surface area contributed by atoms with Crippen LogP contribution in [0.2, 0.25) is 0 Å². The number of carbonyl (C=O) groups excluding carboxylic acids is 1. The third-order valence-corrected chi connectivity index (χ3v) is 5.36. The Bertz CT molecular complexity index is 896. The molecule has 0 radical (unpaired) electrons. The Morgan fingerprint density at radius 3 is 2.14 bits per heavy atom. The highest BCUT2D eigenvalue weighted by Crippen LogP contribution is 2.50. The van der Waals surface area contributed by atoms with Gasteiger partial charge < -0.3 is 28.4 Å². The van der Waals surface area contributed by atoms with Crippen LogP contribution in [-0.4, -0.2) is 41.2 Å². The highest BCUT2D eigenvalue weighted by Gasteiger charge is 2.41. The van der Waals surface area contributed by atoms with Crippen LogP contribution in [0.5, 0.6) is 28.7 Å². The van der Waals surface area contributed by atoms with Crippen LogP contribution in [0.4, 0.5) is 0 Å². The Labute approximate surface area is 163 Å². The van der Waals surface area contributed by atoms with Gasteiger partial charge in [0.1, 0.15) is 0 Å². The van der Waals surface area contributed by atoms with Gasteiger partial charge in [0.05, 0.1) is 34.4 Å². The lowest BCUT2D eigenvalue weighted by Crippen LogP contribution is -2.21. The first-order valence-corrected chi connectivity index (χ1v) is 8.91. The molecular formula is C21H22O7. The molecule has 2 atom stereocenters. The molecular weight excluding hydrogens is 364 g/mol. The summed E-state index contributed by atoms with van der Waals surface area (Å²) in [6, 6.07) is 7.66. The van der Waals surface area contributed by atoms with E-state index in [1.165, 1.54) is 7.11 Å². The second-order valence-corrected chi connectivity index (χ2v) is 6.67. The van der Waals surface area contributed by atoms with Crippen LogP contribution in [0.3, 0.4) is 0 Å². The van der Waals surface area contributed by atoms with Crippen molar-refractivity contribution in [2.75, 3.05) is 35.2 Å². The molecule has 2 aliphatic rings. The van der Waals surface area contributed by atoms with Gasteiger partial charge in [0.25, 0.3) is 0 Å². The number of rotatable bonds is 5. The van der Waals surface area contributed by atoms with Gasteiger partial charge in [-0.2, -0.15) is 0 Å². The van der Waals surface area contributed by atoms with Gasteiger partial charge in [0.15, 0.2) is 23.0 Å². The third-order valence-electron chi connectivity index (χ3n) is 5.36. The van der Waals surface area contributed by atoms with Crippen LogP contribution in [0, 0.1) is 5.92 Å². The average molecular weight is 386 g/mol.